The van der Waals surface area contributed by atoms with Crippen molar-refractivity contribution in [2.75, 3.05) is 6.61 Å². The number of rotatable bonds is 4. The number of esters is 1. The Labute approximate surface area is 195 Å². The van der Waals surface area contributed by atoms with Crippen LogP contribution in [0.1, 0.15) is 6.92 Å². The second-order valence-electron chi connectivity index (χ2n) is 7.74. The van der Waals surface area contributed by atoms with Crippen molar-refractivity contribution in [3.05, 3.63) is 34.5 Å². The van der Waals surface area contributed by atoms with Crippen LogP contribution in [0.4, 0.5) is 0 Å². The number of benzene rings is 2. The Morgan fingerprint density at radius 2 is 1.66 bits per heavy atom. The van der Waals surface area contributed by atoms with E-state index in [9.17, 15) is 45.3 Å². The molecule has 7 N–H and O–H groups in total. The third kappa shape index (κ3) is 4.35. The molecule has 4 atom stereocenters. The molecule has 35 heavy (non-hydrogen) atoms. The van der Waals surface area contributed by atoms with E-state index in [0.29, 0.717) is 0 Å². The van der Waals surface area contributed by atoms with E-state index in [1.54, 1.807) is 0 Å². The maximum atomic E-state index is 13.3. The fourth-order valence-corrected chi connectivity index (χ4v) is 3.63. The standard InChI is InChI=1S/C22H20O13/c1-7(23)33-20-13(28)6-32-22(18(20)31)35-21-17(30)15-10(25)4-9(24)5-14(15)34-19(21)8-2-11(26)16(29)12(27)3-8/h2-5,13,18,20,22,24-29,31H,6H2,1H3/t13-,18+,20-,22-/m0/s1. The van der Waals surface area contributed by atoms with Crippen LogP contribution in [0, 0.1) is 0 Å². The Bertz CT molecular complexity index is 1340. The molecular weight excluding hydrogens is 472 g/mol. The molecule has 0 saturated carbocycles. The smallest absolute Gasteiger partial charge is 0.303 e. The highest BCUT2D eigenvalue weighted by atomic mass is 16.7. The Morgan fingerprint density at radius 3 is 2.29 bits per heavy atom. The lowest BCUT2D eigenvalue weighted by molar-refractivity contribution is -0.249. The fraction of sp³-hybridized carbons (Fsp3) is 0.273. The van der Waals surface area contributed by atoms with Gasteiger partial charge in [0.2, 0.25) is 17.5 Å². The maximum absolute atomic E-state index is 13.3. The number of aromatic hydroxyl groups is 5. The number of carbonyl (C=O) groups is 1. The molecule has 1 aromatic heterocycles. The van der Waals surface area contributed by atoms with Crippen LogP contribution in [0.2, 0.25) is 0 Å². The molecule has 0 aliphatic carbocycles. The van der Waals surface area contributed by atoms with Gasteiger partial charge in [0.05, 0.1) is 6.61 Å². The van der Waals surface area contributed by atoms with Gasteiger partial charge in [-0.3, -0.25) is 9.59 Å². The minimum Gasteiger partial charge on any atom is -0.508 e. The van der Waals surface area contributed by atoms with Gasteiger partial charge in [0, 0.05) is 24.6 Å². The van der Waals surface area contributed by atoms with Gasteiger partial charge in [-0.15, -0.1) is 0 Å². The average Bonchev–Trinajstić information content (AvgIpc) is 2.77. The number of carbonyl (C=O) groups excluding carboxylic acids is 1. The molecular formula is C22H20O13. The van der Waals surface area contributed by atoms with Crippen LogP contribution in [0.15, 0.2) is 33.5 Å². The van der Waals surface area contributed by atoms with Crippen molar-refractivity contribution in [2.24, 2.45) is 0 Å². The van der Waals surface area contributed by atoms with E-state index < -0.39 is 88.3 Å². The van der Waals surface area contributed by atoms with Crippen LogP contribution in [-0.4, -0.2) is 72.9 Å². The Morgan fingerprint density at radius 1 is 1.00 bits per heavy atom. The van der Waals surface area contributed by atoms with Crippen molar-refractivity contribution in [3.63, 3.8) is 0 Å². The van der Waals surface area contributed by atoms with Gasteiger partial charge in [0.1, 0.15) is 28.6 Å². The highest BCUT2D eigenvalue weighted by Gasteiger charge is 2.43. The van der Waals surface area contributed by atoms with Crippen molar-refractivity contribution in [2.45, 2.75) is 31.5 Å². The molecule has 0 radical (unpaired) electrons. The van der Waals surface area contributed by atoms with Crippen molar-refractivity contribution >= 4 is 16.9 Å². The van der Waals surface area contributed by atoms with E-state index in [2.05, 4.69) is 0 Å². The first-order valence-corrected chi connectivity index (χ1v) is 10.1. The molecule has 1 aliphatic rings. The van der Waals surface area contributed by atoms with E-state index in [1.165, 1.54) is 0 Å². The number of fused-ring (bicyclic) bond motifs is 1. The third-order valence-corrected chi connectivity index (χ3v) is 5.21. The van der Waals surface area contributed by atoms with Crippen LogP contribution in [-0.2, 0) is 14.3 Å². The molecule has 1 saturated heterocycles. The Kier molecular flexibility index (Phi) is 6.06. The predicted octanol–water partition coefficient (Wildman–Crippen LogP) is 0.377. The first-order chi connectivity index (χ1) is 16.5. The average molecular weight is 492 g/mol. The second kappa shape index (κ2) is 8.87. The van der Waals surface area contributed by atoms with E-state index >= 15 is 0 Å². The number of phenols is 5. The first kappa shape index (κ1) is 23.9. The lowest BCUT2D eigenvalue weighted by Gasteiger charge is -2.36. The van der Waals surface area contributed by atoms with E-state index in [0.717, 1.165) is 31.2 Å². The third-order valence-electron chi connectivity index (χ3n) is 5.21. The van der Waals surface area contributed by atoms with E-state index in [-0.39, 0.29) is 11.1 Å². The maximum Gasteiger partial charge on any atom is 0.303 e. The van der Waals surface area contributed by atoms with Crippen LogP contribution in [0.3, 0.4) is 0 Å². The summed E-state index contributed by atoms with van der Waals surface area (Å²) >= 11 is 0. The summed E-state index contributed by atoms with van der Waals surface area (Å²) in [5, 5.41) is 69.7. The molecule has 1 fully saturated rings. The summed E-state index contributed by atoms with van der Waals surface area (Å²) in [5.74, 6) is -5.45. The van der Waals surface area contributed by atoms with Crippen LogP contribution in [0.25, 0.3) is 22.3 Å². The van der Waals surface area contributed by atoms with Crippen molar-refractivity contribution in [1.29, 1.82) is 0 Å². The number of aliphatic hydroxyl groups excluding tert-OH is 2. The summed E-state index contributed by atoms with van der Waals surface area (Å²) in [7, 11) is 0. The molecule has 0 unspecified atom stereocenters. The summed E-state index contributed by atoms with van der Waals surface area (Å²) < 4.78 is 21.4. The van der Waals surface area contributed by atoms with E-state index in [4.69, 9.17) is 18.6 Å². The number of phenolic OH excluding ortho intramolecular Hbond substituents is 5. The summed E-state index contributed by atoms with van der Waals surface area (Å²) in [6.07, 6.45) is -6.32. The van der Waals surface area contributed by atoms with Gasteiger partial charge < -0.3 is 54.4 Å². The lowest BCUT2D eigenvalue weighted by atomic mass is 10.0. The fourth-order valence-electron chi connectivity index (χ4n) is 3.63. The summed E-state index contributed by atoms with van der Waals surface area (Å²) in [5.41, 5.74) is -1.49. The van der Waals surface area contributed by atoms with Gasteiger partial charge in [-0.25, -0.2) is 0 Å². The van der Waals surface area contributed by atoms with Gasteiger partial charge in [-0.2, -0.15) is 0 Å². The quantitative estimate of drug-likeness (QED) is 0.194. The zero-order valence-electron chi connectivity index (χ0n) is 17.9. The molecule has 1 aliphatic heterocycles. The molecule has 2 heterocycles. The molecule has 13 nitrogen and oxygen atoms in total. The second-order valence-corrected chi connectivity index (χ2v) is 7.74. The SMILES string of the molecule is CC(=O)O[C@@H]1[C@@H](O)[C@H](Oc2c(-c3cc(O)c(O)c(O)c3)oc3cc(O)cc(O)c3c2=O)OC[C@@H]1O. The Balaban J connectivity index is 1.89. The molecule has 2 aromatic carbocycles. The highest BCUT2D eigenvalue weighted by molar-refractivity contribution is 5.88. The van der Waals surface area contributed by atoms with Crippen LogP contribution < -0.4 is 10.2 Å². The number of aliphatic hydroxyl groups is 2. The monoisotopic (exact) mass is 492 g/mol. The molecule has 186 valence electrons. The highest BCUT2D eigenvalue weighted by Crippen LogP contribution is 2.43. The molecule has 4 rings (SSSR count). The summed E-state index contributed by atoms with van der Waals surface area (Å²) in [6, 6.07) is 3.75. The number of hydrogen-bond donors (Lipinski definition) is 7. The first-order valence-electron chi connectivity index (χ1n) is 10.1. The minimum atomic E-state index is -1.78. The molecule has 0 amide bonds. The normalized spacial score (nSPS) is 22.1. The minimum absolute atomic E-state index is 0.184. The zero-order valence-corrected chi connectivity index (χ0v) is 17.9. The van der Waals surface area contributed by atoms with Gasteiger partial charge in [0.25, 0.3) is 0 Å². The largest absolute Gasteiger partial charge is 0.508 e. The number of ether oxygens (including phenoxy) is 3. The van der Waals surface area contributed by atoms with Crippen LogP contribution in [0.5, 0.6) is 34.5 Å². The van der Waals surface area contributed by atoms with Crippen molar-refractivity contribution in [3.8, 4) is 45.8 Å². The summed E-state index contributed by atoms with van der Waals surface area (Å²) in [4.78, 5) is 24.7. The van der Waals surface area contributed by atoms with Crippen molar-refractivity contribution < 1.29 is 59.2 Å². The molecule has 0 spiro atoms. The van der Waals surface area contributed by atoms with Gasteiger partial charge in [-0.05, 0) is 12.1 Å². The van der Waals surface area contributed by atoms with Gasteiger partial charge in [-0.1, -0.05) is 0 Å². The summed E-state index contributed by atoms with van der Waals surface area (Å²) in [6.45, 7) is 0.608. The molecule has 3 aromatic rings. The molecule has 0 bridgehead atoms. The lowest BCUT2D eigenvalue weighted by Crippen LogP contribution is -2.56. The molecule has 13 heteroatoms. The zero-order chi connectivity index (χ0) is 25.6. The van der Waals surface area contributed by atoms with Gasteiger partial charge in [0.15, 0.2) is 35.2 Å². The topological polar surface area (TPSA) is 217 Å². The van der Waals surface area contributed by atoms with Crippen LogP contribution >= 0.6 is 0 Å². The predicted molar refractivity (Wildman–Crippen MR) is 114 cm³/mol. The van der Waals surface area contributed by atoms with Crippen molar-refractivity contribution in [1.82, 2.24) is 0 Å². The number of hydrogen-bond acceptors (Lipinski definition) is 13. The van der Waals surface area contributed by atoms with Gasteiger partial charge >= 0.3 is 5.97 Å². The Hall–Kier alpha value is -4.20. The van der Waals surface area contributed by atoms with E-state index in [1.807, 2.05) is 0 Å².